The van der Waals surface area contributed by atoms with Crippen LogP contribution in [0.2, 0.25) is 0 Å². The number of hydrogen-bond donors (Lipinski definition) is 1. The van der Waals surface area contributed by atoms with E-state index >= 15 is 0 Å². The summed E-state index contributed by atoms with van der Waals surface area (Å²) >= 11 is 1.91. The minimum Gasteiger partial charge on any atom is -0.399 e. The van der Waals surface area contributed by atoms with Crippen LogP contribution in [0, 0.1) is 0 Å². The highest BCUT2D eigenvalue weighted by atomic mass is 32.2. The monoisotopic (exact) mass is 302 g/mol. The van der Waals surface area contributed by atoms with Crippen LogP contribution in [-0.2, 0) is 19.5 Å². The summed E-state index contributed by atoms with van der Waals surface area (Å²) in [6, 6.07) is 8.45. The first-order chi connectivity index (χ1) is 10.2. The van der Waals surface area contributed by atoms with Gasteiger partial charge in [-0.2, -0.15) is 5.10 Å². The van der Waals surface area contributed by atoms with Crippen LogP contribution in [0.4, 0.5) is 11.4 Å². The molecule has 1 aliphatic heterocycles. The van der Waals surface area contributed by atoms with E-state index < -0.39 is 0 Å². The molecule has 5 heteroatoms. The molecule has 21 heavy (non-hydrogen) atoms. The first-order valence-electron chi connectivity index (χ1n) is 7.54. The van der Waals surface area contributed by atoms with Gasteiger partial charge in [-0.1, -0.05) is 6.92 Å². The van der Waals surface area contributed by atoms with Crippen LogP contribution in [0.3, 0.4) is 0 Å². The molecule has 1 aromatic heterocycles. The van der Waals surface area contributed by atoms with Gasteiger partial charge in [0.1, 0.15) is 0 Å². The van der Waals surface area contributed by atoms with E-state index in [1.807, 2.05) is 17.8 Å². The molecule has 0 atom stereocenters. The molecular weight excluding hydrogens is 280 g/mol. The van der Waals surface area contributed by atoms with Crippen molar-refractivity contribution in [1.82, 2.24) is 9.78 Å². The molecule has 2 heterocycles. The van der Waals surface area contributed by atoms with E-state index in [0.717, 1.165) is 37.5 Å². The molecule has 4 nitrogen and oxygen atoms in total. The number of thioether (sulfide) groups is 1. The number of nitrogen functional groups attached to an aromatic ring is 1. The third-order valence-corrected chi connectivity index (χ3v) is 4.91. The molecule has 2 aromatic rings. The smallest absolute Gasteiger partial charge is 0.0625 e. The number of rotatable bonds is 4. The molecule has 1 aromatic carbocycles. The minimum atomic E-state index is 0.833. The summed E-state index contributed by atoms with van der Waals surface area (Å²) in [5.74, 6) is 1.12. The average Bonchev–Trinajstić information content (AvgIpc) is 2.90. The summed E-state index contributed by atoms with van der Waals surface area (Å²) in [4.78, 5) is 3.75. The predicted octanol–water partition coefficient (Wildman–Crippen LogP) is 3.16. The number of benzene rings is 1. The number of nitrogens with two attached hydrogens (primary N) is 1. The average molecular weight is 302 g/mol. The highest BCUT2D eigenvalue weighted by Crippen LogP contribution is 2.36. The minimum absolute atomic E-state index is 0.833. The van der Waals surface area contributed by atoms with Crippen LogP contribution in [0.1, 0.15) is 25.2 Å². The number of hydrogen-bond acceptors (Lipinski definition) is 4. The SMILES string of the molecule is CCc1cc(CN2CCSc3ccc(N)cc32)n(CC)n1. The maximum Gasteiger partial charge on any atom is 0.0625 e. The fraction of sp³-hybridized carbons (Fsp3) is 0.438. The lowest BCUT2D eigenvalue weighted by Crippen LogP contribution is -2.29. The summed E-state index contributed by atoms with van der Waals surface area (Å²) in [6.07, 6.45) is 0.986. The zero-order chi connectivity index (χ0) is 14.8. The zero-order valence-corrected chi connectivity index (χ0v) is 13.5. The van der Waals surface area contributed by atoms with Gasteiger partial charge in [0.25, 0.3) is 0 Å². The molecule has 3 rings (SSSR count). The summed E-state index contributed by atoms with van der Waals surface area (Å²) in [5, 5.41) is 4.65. The van der Waals surface area contributed by atoms with Gasteiger partial charge in [-0.15, -0.1) is 11.8 Å². The Morgan fingerprint density at radius 3 is 2.90 bits per heavy atom. The number of aryl methyl sites for hydroxylation is 2. The third kappa shape index (κ3) is 2.88. The predicted molar refractivity (Wildman–Crippen MR) is 89.9 cm³/mol. The molecule has 0 amide bonds. The Morgan fingerprint density at radius 1 is 1.29 bits per heavy atom. The van der Waals surface area contributed by atoms with E-state index in [4.69, 9.17) is 5.73 Å². The molecule has 0 saturated carbocycles. The lowest BCUT2D eigenvalue weighted by Gasteiger charge is -2.31. The van der Waals surface area contributed by atoms with Crippen molar-refractivity contribution < 1.29 is 0 Å². The first kappa shape index (κ1) is 14.3. The molecule has 1 aliphatic rings. The molecule has 0 unspecified atom stereocenters. The van der Waals surface area contributed by atoms with Crippen molar-refractivity contribution in [2.75, 3.05) is 22.9 Å². The van der Waals surface area contributed by atoms with Crippen LogP contribution in [0.5, 0.6) is 0 Å². The van der Waals surface area contributed by atoms with Gasteiger partial charge in [-0.3, -0.25) is 4.68 Å². The molecule has 2 N–H and O–H groups in total. The van der Waals surface area contributed by atoms with Gasteiger partial charge < -0.3 is 10.6 Å². The number of aromatic nitrogens is 2. The molecule has 0 bridgehead atoms. The normalized spacial score (nSPS) is 14.3. The van der Waals surface area contributed by atoms with Crippen molar-refractivity contribution in [3.63, 3.8) is 0 Å². The maximum atomic E-state index is 5.97. The number of fused-ring (bicyclic) bond motifs is 1. The zero-order valence-electron chi connectivity index (χ0n) is 12.7. The molecule has 0 fully saturated rings. The van der Waals surface area contributed by atoms with Crippen LogP contribution in [0.15, 0.2) is 29.2 Å². The topological polar surface area (TPSA) is 47.1 Å². The van der Waals surface area contributed by atoms with Gasteiger partial charge in [0, 0.05) is 29.4 Å². The number of nitrogens with zero attached hydrogens (tertiary/aromatic N) is 3. The lowest BCUT2D eigenvalue weighted by atomic mass is 10.2. The fourth-order valence-electron chi connectivity index (χ4n) is 2.74. The van der Waals surface area contributed by atoms with E-state index in [-0.39, 0.29) is 0 Å². The van der Waals surface area contributed by atoms with Crippen molar-refractivity contribution in [3.8, 4) is 0 Å². The Hall–Kier alpha value is -1.62. The Bertz CT molecular complexity index is 635. The highest BCUT2D eigenvalue weighted by molar-refractivity contribution is 7.99. The van der Waals surface area contributed by atoms with E-state index in [0.29, 0.717) is 0 Å². The van der Waals surface area contributed by atoms with Gasteiger partial charge in [0.05, 0.1) is 23.6 Å². The van der Waals surface area contributed by atoms with E-state index in [9.17, 15) is 0 Å². The standard InChI is InChI=1S/C16H22N4S/c1-3-13-10-14(20(4-2)18-13)11-19-7-8-21-16-6-5-12(17)9-15(16)19/h5-6,9-10H,3-4,7-8,11,17H2,1-2H3. The van der Waals surface area contributed by atoms with E-state index in [2.05, 4.69) is 46.7 Å². The molecule has 0 aliphatic carbocycles. The summed E-state index contributed by atoms with van der Waals surface area (Å²) in [6.45, 7) is 7.17. The lowest BCUT2D eigenvalue weighted by molar-refractivity contribution is 0.604. The quantitative estimate of drug-likeness (QED) is 0.881. The largest absolute Gasteiger partial charge is 0.399 e. The molecular formula is C16H22N4S. The van der Waals surface area contributed by atoms with Crippen molar-refractivity contribution in [3.05, 3.63) is 35.7 Å². The summed E-state index contributed by atoms with van der Waals surface area (Å²) < 4.78 is 2.12. The molecule has 112 valence electrons. The Labute approximate surface area is 130 Å². The molecule has 0 radical (unpaired) electrons. The van der Waals surface area contributed by atoms with Crippen molar-refractivity contribution in [1.29, 1.82) is 0 Å². The van der Waals surface area contributed by atoms with Gasteiger partial charge in [0.2, 0.25) is 0 Å². The highest BCUT2D eigenvalue weighted by Gasteiger charge is 2.19. The van der Waals surface area contributed by atoms with Crippen LogP contribution < -0.4 is 10.6 Å². The second-order valence-electron chi connectivity index (χ2n) is 5.29. The second kappa shape index (κ2) is 6.02. The summed E-state index contributed by atoms with van der Waals surface area (Å²) in [7, 11) is 0. The second-order valence-corrected chi connectivity index (χ2v) is 6.43. The number of anilines is 2. The third-order valence-electron chi connectivity index (χ3n) is 3.87. The van der Waals surface area contributed by atoms with Gasteiger partial charge in [0.15, 0.2) is 0 Å². The van der Waals surface area contributed by atoms with Crippen molar-refractivity contribution >= 4 is 23.1 Å². The Morgan fingerprint density at radius 2 is 2.14 bits per heavy atom. The van der Waals surface area contributed by atoms with Crippen LogP contribution in [0.25, 0.3) is 0 Å². The Balaban J connectivity index is 1.89. The van der Waals surface area contributed by atoms with E-state index in [1.54, 1.807) is 0 Å². The van der Waals surface area contributed by atoms with Crippen LogP contribution >= 0.6 is 11.8 Å². The maximum absolute atomic E-state index is 5.97. The van der Waals surface area contributed by atoms with Crippen LogP contribution in [-0.4, -0.2) is 22.1 Å². The van der Waals surface area contributed by atoms with Gasteiger partial charge in [-0.25, -0.2) is 0 Å². The molecule has 0 saturated heterocycles. The van der Waals surface area contributed by atoms with Gasteiger partial charge >= 0.3 is 0 Å². The van der Waals surface area contributed by atoms with Crippen molar-refractivity contribution in [2.24, 2.45) is 0 Å². The summed E-state index contributed by atoms with van der Waals surface area (Å²) in [5.41, 5.74) is 10.5. The Kier molecular flexibility index (Phi) is 4.10. The van der Waals surface area contributed by atoms with Gasteiger partial charge in [-0.05, 0) is 37.6 Å². The van der Waals surface area contributed by atoms with Crippen molar-refractivity contribution in [2.45, 2.75) is 38.3 Å². The fourth-order valence-corrected chi connectivity index (χ4v) is 3.77. The first-order valence-corrected chi connectivity index (χ1v) is 8.52. The van der Waals surface area contributed by atoms with E-state index in [1.165, 1.54) is 22.0 Å². The molecule has 0 spiro atoms.